The number of benzene rings is 1. The van der Waals surface area contributed by atoms with Crippen molar-refractivity contribution in [2.24, 2.45) is 0 Å². The van der Waals surface area contributed by atoms with Gasteiger partial charge in [0, 0.05) is 23.9 Å². The highest BCUT2D eigenvalue weighted by Gasteiger charge is 2.26. The first kappa shape index (κ1) is 14.1. The average Bonchev–Trinajstić information content (AvgIpc) is 2.81. The molecular weight excluding hydrogens is 290 g/mol. The van der Waals surface area contributed by atoms with E-state index in [1.807, 2.05) is 0 Å². The Balaban J connectivity index is 2.33. The second-order valence-electron chi connectivity index (χ2n) is 4.16. The quantitative estimate of drug-likeness (QED) is 0.486. The molecule has 1 aromatic rings. The molecule has 1 unspecified atom stereocenters. The first-order valence-corrected chi connectivity index (χ1v) is 8.18. The lowest BCUT2D eigenvalue weighted by molar-refractivity contribution is -0.385. The van der Waals surface area contributed by atoms with E-state index in [2.05, 4.69) is 4.72 Å². The van der Waals surface area contributed by atoms with Crippen LogP contribution in [0.3, 0.4) is 0 Å². The number of anilines is 1. The van der Waals surface area contributed by atoms with Gasteiger partial charge in [0.25, 0.3) is 5.69 Å². The fourth-order valence-corrected chi connectivity index (χ4v) is 4.46. The SMILES string of the molecule is Nc1ccc([N+](=O)[O-])cc1S(=O)(=O)NC1CCSC1. The molecule has 0 aromatic heterocycles. The van der Waals surface area contributed by atoms with Crippen molar-refractivity contribution in [3.8, 4) is 0 Å². The summed E-state index contributed by atoms with van der Waals surface area (Å²) < 4.78 is 26.8. The molecule has 2 rings (SSSR count). The molecule has 7 nitrogen and oxygen atoms in total. The first-order valence-electron chi connectivity index (χ1n) is 5.54. The maximum Gasteiger partial charge on any atom is 0.270 e. The van der Waals surface area contributed by atoms with Gasteiger partial charge in [-0.05, 0) is 18.2 Å². The van der Waals surface area contributed by atoms with Crippen LogP contribution in [0.2, 0.25) is 0 Å². The lowest BCUT2D eigenvalue weighted by Gasteiger charge is -2.13. The second kappa shape index (κ2) is 5.35. The van der Waals surface area contributed by atoms with E-state index in [-0.39, 0.29) is 22.3 Å². The third-order valence-corrected chi connectivity index (χ3v) is 5.49. The molecule has 0 radical (unpaired) electrons. The fraction of sp³-hybridized carbons (Fsp3) is 0.400. The Morgan fingerprint density at radius 2 is 2.21 bits per heavy atom. The maximum absolute atomic E-state index is 12.2. The van der Waals surface area contributed by atoms with Crippen molar-refractivity contribution in [2.75, 3.05) is 17.2 Å². The molecule has 1 aliphatic heterocycles. The van der Waals surface area contributed by atoms with E-state index >= 15 is 0 Å². The molecule has 3 N–H and O–H groups in total. The van der Waals surface area contributed by atoms with Crippen LogP contribution in [-0.4, -0.2) is 30.9 Å². The molecule has 1 aromatic carbocycles. The minimum atomic E-state index is -3.82. The zero-order chi connectivity index (χ0) is 14.0. The van der Waals surface area contributed by atoms with Crippen molar-refractivity contribution in [2.45, 2.75) is 17.4 Å². The third kappa shape index (κ3) is 3.17. The third-order valence-electron chi connectivity index (χ3n) is 2.75. The summed E-state index contributed by atoms with van der Waals surface area (Å²) in [5, 5.41) is 10.7. The van der Waals surface area contributed by atoms with Crippen LogP contribution in [0.4, 0.5) is 11.4 Å². The first-order chi connectivity index (χ1) is 8.90. The van der Waals surface area contributed by atoms with Crippen LogP contribution in [0.15, 0.2) is 23.1 Å². The molecule has 9 heteroatoms. The highest BCUT2D eigenvalue weighted by Crippen LogP contribution is 2.25. The molecule has 0 aliphatic carbocycles. The Labute approximate surface area is 114 Å². The van der Waals surface area contributed by atoms with Crippen molar-refractivity contribution >= 4 is 33.2 Å². The van der Waals surface area contributed by atoms with E-state index in [1.54, 1.807) is 11.8 Å². The number of nitrogen functional groups attached to an aromatic ring is 1. The van der Waals surface area contributed by atoms with E-state index < -0.39 is 14.9 Å². The Kier molecular flexibility index (Phi) is 3.97. The fourth-order valence-electron chi connectivity index (χ4n) is 1.78. The predicted octanol–water partition coefficient (Wildman–Crippen LogP) is 0.961. The maximum atomic E-state index is 12.2. The molecule has 104 valence electrons. The number of nitrogens with zero attached hydrogens (tertiary/aromatic N) is 1. The van der Waals surface area contributed by atoms with Crippen LogP contribution < -0.4 is 10.5 Å². The summed E-state index contributed by atoms with van der Waals surface area (Å²) in [6.07, 6.45) is 0.749. The normalized spacial score (nSPS) is 19.5. The molecule has 0 bridgehead atoms. The molecular formula is C10H13N3O4S2. The van der Waals surface area contributed by atoms with E-state index in [4.69, 9.17) is 5.73 Å². The zero-order valence-corrected chi connectivity index (χ0v) is 11.5. The molecule has 0 amide bonds. The number of non-ortho nitro benzene ring substituents is 1. The molecule has 0 saturated carbocycles. The van der Waals surface area contributed by atoms with Crippen LogP contribution in [0.5, 0.6) is 0 Å². The van der Waals surface area contributed by atoms with Crippen LogP contribution in [0.25, 0.3) is 0 Å². The largest absolute Gasteiger partial charge is 0.398 e. The van der Waals surface area contributed by atoms with E-state index in [1.165, 1.54) is 12.1 Å². The summed E-state index contributed by atoms with van der Waals surface area (Å²) >= 11 is 1.66. The lowest BCUT2D eigenvalue weighted by Crippen LogP contribution is -2.35. The Bertz CT molecular complexity index is 597. The van der Waals surface area contributed by atoms with Gasteiger partial charge in [-0.1, -0.05) is 0 Å². The topological polar surface area (TPSA) is 115 Å². The summed E-state index contributed by atoms with van der Waals surface area (Å²) in [5.41, 5.74) is 5.31. The molecule has 1 atom stereocenters. The summed E-state index contributed by atoms with van der Waals surface area (Å²) in [6, 6.07) is 3.25. The monoisotopic (exact) mass is 303 g/mol. The standard InChI is InChI=1S/C10H13N3O4S2/c11-9-2-1-8(13(14)15)5-10(9)19(16,17)12-7-3-4-18-6-7/h1-2,5,7,12H,3-4,6,11H2. The minimum Gasteiger partial charge on any atom is -0.398 e. The number of nitrogens with one attached hydrogen (secondary N) is 1. The van der Waals surface area contributed by atoms with Crippen LogP contribution >= 0.6 is 11.8 Å². The van der Waals surface area contributed by atoms with Gasteiger partial charge in [0.1, 0.15) is 4.90 Å². The number of nitrogens with two attached hydrogens (primary N) is 1. The number of nitro groups is 1. The average molecular weight is 303 g/mol. The highest BCUT2D eigenvalue weighted by molar-refractivity contribution is 7.99. The number of rotatable bonds is 4. The van der Waals surface area contributed by atoms with Crippen molar-refractivity contribution in [1.29, 1.82) is 0 Å². The summed E-state index contributed by atoms with van der Waals surface area (Å²) in [5.74, 6) is 1.60. The number of hydrogen-bond acceptors (Lipinski definition) is 6. The Morgan fingerprint density at radius 3 is 2.79 bits per heavy atom. The summed E-state index contributed by atoms with van der Waals surface area (Å²) in [7, 11) is -3.82. The Morgan fingerprint density at radius 1 is 1.47 bits per heavy atom. The number of nitro benzene ring substituents is 1. The van der Waals surface area contributed by atoms with E-state index in [0.717, 1.165) is 18.2 Å². The highest BCUT2D eigenvalue weighted by atomic mass is 32.2. The van der Waals surface area contributed by atoms with Gasteiger partial charge in [0.2, 0.25) is 10.0 Å². The minimum absolute atomic E-state index is 0.00347. The van der Waals surface area contributed by atoms with Gasteiger partial charge in [-0.3, -0.25) is 10.1 Å². The second-order valence-corrected chi connectivity index (χ2v) is 6.99. The van der Waals surface area contributed by atoms with Gasteiger partial charge in [0.05, 0.1) is 10.6 Å². The molecule has 1 saturated heterocycles. The van der Waals surface area contributed by atoms with Crippen molar-refractivity contribution in [3.63, 3.8) is 0 Å². The van der Waals surface area contributed by atoms with Gasteiger partial charge >= 0.3 is 0 Å². The van der Waals surface area contributed by atoms with E-state index in [0.29, 0.717) is 5.75 Å². The van der Waals surface area contributed by atoms with Gasteiger partial charge in [-0.25, -0.2) is 13.1 Å². The predicted molar refractivity (Wildman–Crippen MR) is 73.6 cm³/mol. The molecule has 1 fully saturated rings. The van der Waals surface area contributed by atoms with E-state index in [9.17, 15) is 18.5 Å². The zero-order valence-electron chi connectivity index (χ0n) is 9.90. The summed E-state index contributed by atoms with van der Waals surface area (Å²) in [6.45, 7) is 0. The van der Waals surface area contributed by atoms with Gasteiger partial charge in [-0.2, -0.15) is 11.8 Å². The molecule has 19 heavy (non-hydrogen) atoms. The smallest absolute Gasteiger partial charge is 0.270 e. The summed E-state index contributed by atoms with van der Waals surface area (Å²) in [4.78, 5) is 9.80. The lowest BCUT2D eigenvalue weighted by atomic mass is 10.3. The van der Waals surface area contributed by atoms with Crippen molar-refractivity contribution in [3.05, 3.63) is 28.3 Å². The van der Waals surface area contributed by atoms with Crippen LogP contribution in [0.1, 0.15) is 6.42 Å². The number of thioether (sulfide) groups is 1. The molecule has 1 aliphatic rings. The Hall–Kier alpha value is -1.32. The van der Waals surface area contributed by atoms with Crippen molar-refractivity contribution < 1.29 is 13.3 Å². The number of sulfonamides is 1. The van der Waals surface area contributed by atoms with Gasteiger partial charge in [-0.15, -0.1) is 0 Å². The van der Waals surface area contributed by atoms with Crippen LogP contribution in [0, 0.1) is 10.1 Å². The van der Waals surface area contributed by atoms with Gasteiger partial charge < -0.3 is 5.73 Å². The molecule has 0 spiro atoms. The van der Waals surface area contributed by atoms with Gasteiger partial charge in [0.15, 0.2) is 0 Å². The van der Waals surface area contributed by atoms with Crippen molar-refractivity contribution in [1.82, 2.24) is 4.72 Å². The number of hydrogen-bond donors (Lipinski definition) is 2. The van der Waals surface area contributed by atoms with Crippen LogP contribution in [-0.2, 0) is 10.0 Å². The molecule has 1 heterocycles.